The van der Waals surface area contributed by atoms with E-state index in [1.54, 1.807) is 31.4 Å². The number of amides is 1. The number of rotatable bonds is 4. The van der Waals surface area contributed by atoms with Gasteiger partial charge in [0.15, 0.2) is 0 Å². The van der Waals surface area contributed by atoms with E-state index in [-0.39, 0.29) is 18.3 Å². The summed E-state index contributed by atoms with van der Waals surface area (Å²) in [4.78, 5) is 23.4. The highest BCUT2D eigenvalue weighted by Gasteiger charge is 2.22. The van der Waals surface area contributed by atoms with Gasteiger partial charge in [0.1, 0.15) is 11.3 Å². The lowest BCUT2D eigenvalue weighted by Gasteiger charge is -2.22. The third-order valence-electron chi connectivity index (χ3n) is 3.41. The van der Waals surface area contributed by atoms with E-state index < -0.39 is 17.7 Å². The molecule has 0 saturated carbocycles. The van der Waals surface area contributed by atoms with Crippen molar-refractivity contribution in [2.75, 3.05) is 6.54 Å². The van der Waals surface area contributed by atoms with E-state index >= 15 is 0 Å². The molecule has 0 radical (unpaired) electrons. The van der Waals surface area contributed by atoms with Crippen LogP contribution in [0.4, 0.5) is 4.79 Å². The maximum atomic E-state index is 11.8. The number of carbonyl (C=O) groups excluding carboxylic acids is 1. The zero-order valence-corrected chi connectivity index (χ0v) is 15.7. The van der Waals surface area contributed by atoms with Gasteiger partial charge >= 0.3 is 12.1 Å². The van der Waals surface area contributed by atoms with Crippen molar-refractivity contribution in [2.24, 2.45) is 0 Å². The fourth-order valence-corrected chi connectivity index (χ4v) is 3.07. The number of carbonyl (C=O) groups is 2. The van der Waals surface area contributed by atoms with Gasteiger partial charge in [-0.3, -0.25) is 0 Å². The molecule has 1 aromatic heterocycles. The van der Waals surface area contributed by atoms with Crippen molar-refractivity contribution < 1.29 is 19.4 Å². The first-order chi connectivity index (χ1) is 11.1. The molecule has 0 aliphatic rings. The number of fused-ring (bicyclic) bond motifs is 1. The van der Waals surface area contributed by atoms with Crippen LogP contribution in [0, 0.1) is 0 Å². The van der Waals surface area contributed by atoms with Crippen LogP contribution < -0.4 is 5.32 Å². The number of para-hydroxylation sites is 1. The first-order valence-electron chi connectivity index (χ1n) is 7.60. The van der Waals surface area contributed by atoms with Crippen LogP contribution in [0.15, 0.2) is 28.7 Å². The molecular weight excluding hydrogens is 376 g/mol. The van der Waals surface area contributed by atoms with Crippen LogP contribution in [-0.4, -0.2) is 33.9 Å². The van der Waals surface area contributed by atoms with Gasteiger partial charge in [-0.1, -0.05) is 12.1 Å². The molecule has 1 heterocycles. The lowest BCUT2D eigenvalue weighted by atomic mass is 10.2. The number of benzene rings is 1. The number of nitrogens with one attached hydrogen (secondary N) is 1. The molecule has 2 N–H and O–H groups in total. The Morgan fingerprint density at radius 1 is 1.38 bits per heavy atom. The molecule has 0 spiro atoms. The number of carboxylic acids is 1. The molecule has 130 valence electrons. The second kappa shape index (κ2) is 6.84. The third-order valence-corrected chi connectivity index (χ3v) is 4.05. The van der Waals surface area contributed by atoms with Crippen LogP contribution in [0.2, 0.25) is 0 Å². The van der Waals surface area contributed by atoms with E-state index in [0.717, 1.165) is 15.4 Å². The molecule has 24 heavy (non-hydrogen) atoms. The zero-order valence-electron chi connectivity index (χ0n) is 14.1. The number of aromatic nitrogens is 1. The molecule has 0 aliphatic carbocycles. The summed E-state index contributed by atoms with van der Waals surface area (Å²) in [5.41, 5.74) is 0.381. The SMILES string of the molecule is C[C@H](CNC(=O)OC(C)(C)C)n1c(C(=O)O)cc2cccc(Br)c21. The number of hydrogen-bond donors (Lipinski definition) is 2. The minimum atomic E-state index is -1.01. The number of aromatic carboxylic acids is 1. The molecular formula is C17H21BrN2O4. The molecule has 0 fully saturated rings. The zero-order chi connectivity index (χ0) is 18.1. The molecule has 1 atom stereocenters. The lowest BCUT2D eigenvalue weighted by Crippen LogP contribution is -2.35. The minimum Gasteiger partial charge on any atom is -0.477 e. The number of halogens is 1. The van der Waals surface area contributed by atoms with Gasteiger partial charge in [-0.05, 0) is 55.8 Å². The van der Waals surface area contributed by atoms with Crippen LogP contribution in [0.25, 0.3) is 10.9 Å². The summed E-state index contributed by atoms with van der Waals surface area (Å²) in [5, 5.41) is 13.0. The average molecular weight is 397 g/mol. The van der Waals surface area contributed by atoms with Crippen molar-refractivity contribution in [3.05, 3.63) is 34.4 Å². The molecule has 0 aliphatic heterocycles. The number of nitrogens with zero attached hydrogens (tertiary/aromatic N) is 1. The predicted molar refractivity (Wildman–Crippen MR) is 95.5 cm³/mol. The van der Waals surface area contributed by atoms with Crippen molar-refractivity contribution in [1.82, 2.24) is 9.88 Å². The van der Waals surface area contributed by atoms with Crippen molar-refractivity contribution in [2.45, 2.75) is 39.3 Å². The van der Waals surface area contributed by atoms with Crippen LogP contribution in [0.5, 0.6) is 0 Å². The first kappa shape index (κ1) is 18.3. The lowest BCUT2D eigenvalue weighted by molar-refractivity contribution is 0.0521. The fourth-order valence-electron chi connectivity index (χ4n) is 2.50. The fraction of sp³-hybridized carbons (Fsp3) is 0.412. The molecule has 6 nitrogen and oxygen atoms in total. The van der Waals surface area contributed by atoms with Crippen molar-refractivity contribution in [3.8, 4) is 0 Å². The van der Waals surface area contributed by atoms with Gasteiger partial charge in [-0.15, -0.1) is 0 Å². The summed E-state index contributed by atoms with van der Waals surface area (Å²) in [6.45, 7) is 7.46. The van der Waals surface area contributed by atoms with E-state index in [1.807, 2.05) is 25.1 Å². The van der Waals surface area contributed by atoms with Crippen molar-refractivity contribution in [1.29, 1.82) is 0 Å². The van der Waals surface area contributed by atoms with Crippen molar-refractivity contribution in [3.63, 3.8) is 0 Å². The second-order valence-corrected chi connectivity index (χ2v) is 7.47. The van der Waals surface area contributed by atoms with Gasteiger partial charge in [0.05, 0.1) is 5.52 Å². The van der Waals surface area contributed by atoms with Gasteiger partial charge in [-0.2, -0.15) is 0 Å². The Balaban J connectivity index is 2.28. The maximum Gasteiger partial charge on any atom is 0.407 e. The minimum absolute atomic E-state index is 0.176. The Morgan fingerprint density at radius 3 is 2.62 bits per heavy atom. The maximum absolute atomic E-state index is 11.8. The molecule has 1 amide bonds. The standard InChI is InChI=1S/C17H21BrN2O4/c1-10(9-19-16(23)24-17(2,3)4)20-13(15(21)22)8-11-6-5-7-12(18)14(11)20/h5-8,10H,9H2,1-4H3,(H,19,23)(H,21,22)/t10-/m1/s1. The Hall–Kier alpha value is -2.02. The Labute approximate surface area is 148 Å². The Kier molecular flexibility index (Phi) is 5.22. The first-order valence-corrected chi connectivity index (χ1v) is 8.39. The molecule has 2 rings (SSSR count). The number of carboxylic acid groups (broad SMARTS) is 1. The average Bonchev–Trinajstić information content (AvgIpc) is 2.84. The normalized spacial score (nSPS) is 12.9. The Bertz CT molecular complexity index is 777. The summed E-state index contributed by atoms with van der Waals surface area (Å²) in [6.07, 6.45) is -0.526. The number of alkyl carbamates (subject to hydrolysis) is 1. The summed E-state index contributed by atoms with van der Waals surface area (Å²) >= 11 is 3.47. The van der Waals surface area contributed by atoms with E-state index in [9.17, 15) is 14.7 Å². The summed E-state index contributed by atoms with van der Waals surface area (Å²) in [6, 6.07) is 6.94. The Morgan fingerprint density at radius 2 is 2.04 bits per heavy atom. The van der Waals surface area contributed by atoms with Crippen LogP contribution in [0.1, 0.15) is 44.2 Å². The van der Waals surface area contributed by atoms with E-state index in [1.165, 1.54) is 0 Å². The quantitative estimate of drug-likeness (QED) is 0.811. The molecule has 7 heteroatoms. The third kappa shape index (κ3) is 4.08. The molecule has 0 unspecified atom stereocenters. The largest absolute Gasteiger partial charge is 0.477 e. The highest BCUT2D eigenvalue weighted by Crippen LogP contribution is 2.30. The van der Waals surface area contributed by atoms with E-state index in [0.29, 0.717) is 0 Å². The molecule has 2 aromatic rings. The van der Waals surface area contributed by atoms with Gasteiger partial charge in [0.25, 0.3) is 0 Å². The molecule has 0 bridgehead atoms. The summed E-state index contributed by atoms with van der Waals surface area (Å²) in [5.74, 6) is -1.01. The van der Waals surface area contributed by atoms with Crippen molar-refractivity contribution >= 4 is 38.9 Å². The van der Waals surface area contributed by atoms with Gasteiger partial charge in [0, 0.05) is 22.4 Å². The van der Waals surface area contributed by atoms with E-state index in [4.69, 9.17) is 4.74 Å². The van der Waals surface area contributed by atoms with Gasteiger partial charge in [0.2, 0.25) is 0 Å². The van der Waals surface area contributed by atoms with Gasteiger partial charge in [-0.25, -0.2) is 9.59 Å². The second-order valence-electron chi connectivity index (χ2n) is 6.61. The summed E-state index contributed by atoms with van der Waals surface area (Å²) in [7, 11) is 0. The van der Waals surface area contributed by atoms with Crippen LogP contribution in [0.3, 0.4) is 0 Å². The number of ether oxygens (including phenoxy) is 1. The molecule has 0 saturated heterocycles. The van der Waals surface area contributed by atoms with Gasteiger partial charge < -0.3 is 19.7 Å². The van der Waals surface area contributed by atoms with E-state index in [2.05, 4.69) is 21.2 Å². The highest BCUT2D eigenvalue weighted by atomic mass is 79.9. The monoisotopic (exact) mass is 396 g/mol. The van der Waals surface area contributed by atoms with Crippen LogP contribution in [-0.2, 0) is 4.74 Å². The summed E-state index contributed by atoms with van der Waals surface area (Å²) < 4.78 is 7.72. The van der Waals surface area contributed by atoms with Crippen LogP contribution >= 0.6 is 15.9 Å². The highest BCUT2D eigenvalue weighted by molar-refractivity contribution is 9.10. The smallest absolute Gasteiger partial charge is 0.407 e. The number of hydrogen-bond acceptors (Lipinski definition) is 3. The topological polar surface area (TPSA) is 80.6 Å². The predicted octanol–water partition coefficient (Wildman–Crippen LogP) is 4.19. The molecule has 1 aromatic carbocycles.